The van der Waals surface area contributed by atoms with Gasteiger partial charge in [0.15, 0.2) is 0 Å². The first-order chi connectivity index (χ1) is 6.50. The van der Waals surface area contributed by atoms with E-state index in [1.807, 2.05) is 6.07 Å². The Kier molecular flexibility index (Phi) is 4.42. The van der Waals surface area contributed by atoms with Gasteiger partial charge in [-0.25, -0.2) is 0 Å². The highest BCUT2D eigenvalue weighted by molar-refractivity contribution is 9.10. The lowest BCUT2D eigenvalue weighted by molar-refractivity contribution is 0.150. The summed E-state index contributed by atoms with van der Waals surface area (Å²) in [6, 6.07) is 5.47. The first-order valence-corrected chi connectivity index (χ1v) is 5.81. The Labute approximate surface area is 98.2 Å². The maximum Gasteiger partial charge on any atom is 0.0803 e. The molecule has 14 heavy (non-hydrogen) atoms. The van der Waals surface area contributed by atoms with E-state index in [0.29, 0.717) is 10.9 Å². The van der Waals surface area contributed by atoms with E-state index in [1.54, 1.807) is 12.1 Å². The second-order valence-electron chi connectivity index (χ2n) is 3.81. The van der Waals surface area contributed by atoms with Gasteiger partial charge in [0.25, 0.3) is 0 Å². The molecular weight excluding hydrogens is 263 g/mol. The molecule has 0 aliphatic rings. The molecule has 1 rings (SSSR count). The van der Waals surface area contributed by atoms with Gasteiger partial charge in [-0.05, 0) is 36.1 Å². The lowest BCUT2D eigenvalue weighted by atomic mass is 10.00. The third-order valence-electron chi connectivity index (χ3n) is 2.01. The molecule has 0 saturated heterocycles. The molecule has 3 heteroatoms. The molecule has 1 atom stereocenters. The van der Waals surface area contributed by atoms with Gasteiger partial charge in [-0.1, -0.05) is 41.4 Å². The van der Waals surface area contributed by atoms with Gasteiger partial charge in [0, 0.05) is 9.50 Å². The minimum Gasteiger partial charge on any atom is -0.388 e. The number of rotatable bonds is 3. The molecule has 0 spiro atoms. The van der Waals surface area contributed by atoms with E-state index in [0.717, 1.165) is 16.5 Å². The predicted molar refractivity (Wildman–Crippen MR) is 63.6 cm³/mol. The fourth-order valence-corrected chi connectivity index (χ4v) is 2.03. The smallest absolute Gasteiger partial charge is 0.0803 e. The first-order valence-electron chi connectivity index (χ1n) is 4.63. The molecule has 1 aromatic rings. The van der Waals surface area contributed by atoms with Gasteiger partial charge >= 0.3 is 0 Å². The number of hydrogen-bond acceptors (Lipinski definition) is 1. The van der Waals surface area contributed by atoms with Crippen molar-refractivity contribution in [1.29, 1.82) is 0 Å². The molecule has 0 heterocycles. The van der Waals surface area contributed by atoms with E-state index in [9.17, 15) is 5.11 Å². The summed E-state index contributed by atoms with van der Waals surface area (Å²) in [5.74, 6) is 0.468. The molecule has 0 radical (unpaired) electrons. The first kappa shape index (κ1) is 12.0. The zero-order chi connectivity index (χ0) is 10.7. The number of hydrogen-bond donors (Lipinski definition) is 1. The van der Waals surface area contributed by atoms with E-state index in [4.69, 9.17) is 11.6 Å². The van der Waals surface area contributed by atoms with Crippen molar-refractivity contribution in [2.24, 2.45) is 5.92 Å². The molecule has 78 valence electrons. The molecule has 0 saturated carbocycles. The lowest BCUT2D eigenvalue weighted by Crippen LogP contribution is -2.02. The highest BCUT2D eigenvalue weighted by Gasteiger charge is 2.13. The number of halogens is 2. The minimum absolute atomic E-state index is 0.442. The van der Waals surface area contributed by atoms with E-state index in [1.165, 1.54) is 0 Å². The van der Waals surface area contributed by atoms with Gasteiger partial charge in [-0.2, -0.15) is 0 Å². The minimum atomic E-state index is -0.442. The van der Waals surface area contributed by atoms with E-state index >= 15 is 0 Å². The highest BCUT2D eigenvalue weighted by Crippen LogP contribution is 2.30. The largest absolute Gasteiger partial charge is 0.388 e. The number of aliphatic hydroxyl groups excluding tert-OH is 1. The maximum absolute atomic E-state index is 9.91. The van der Waals surface area contributed by atoms with Crippen LogP contribution in [0.1, 0.15) is 31.9 Å². The standard InChI is InChI=1S/C11H14BrClO/c1-7(2)5-11(14)9-6-8(13)3-4-10(9)12/h3-4,6-7,11,14H,5H2,1-2H3. The molecule has 0 amide bonds. The fourth-order valence-electron chi connectivity index (χ4n) is 1.34. The quantitative estimate of drug-likeness (QED) is 0.878. The summed E-state index contributed by atoms with van der Waals surface area (Å²) < 4.78 is 0.912. The number of benzene rings is 1. The third kappa shape index (κ3) is 3.26. The van der Waals surface area contributed by atoms with Crippen molar-refractivity contribution >= 4 is 27.5 Å². The second-order valence-corrected chi connectivity index (χ2v) is 5.10. The van der Waals surface area contributed by atoms with Gasteiger partial charge in [0.2, 0.25) is 0 Å². The van der Waals surface area contributed by atoms with Crippen molar-refractivity contribution in [3.8, 4) is 0 Å². The summed E-state index contributed by atoms with van der Waals surface area (Å²) in [5, 5.41) is 10.6. The summed E-state index contributed by atoms with van der Waals surface area (Å²) in [7, 11) is 0. The summed E-state index contributed by atoms with van der Waals surface area (Å²) in [5.41, 5.74) is 0.867. The van der Waals surface area contributed by atoms with Crippen LogP contribution < -0.4 is 0 Å². The van der Waals surface area contributed by atoms with Crippen molar-refractivity contribution in [3.05, 3.63) is 33.3 Å². The molecule has 1 N–H and O–H groups in total. The molecule has 1 aromatic carbocycles. The predicted octanol–water partition coefficient (Wildman–Crippen LogP) is 4.18. The van der Waals surface area contributed by atoms with E-state index in [2.05, 4.69) is 29.8 Å². The van der Waals surface area contributed by atoms with E-state index in [-0.39, 0.29) is 0 Å². The average molecular weight is 278 g/mol. The maximum atomic E-state index is 9.91. The molecular formula is C11H14BrClO. The molecule has 0 fully saturated rings. The Morgan fingerprint density at radius 1 is 1.43 bits per heavy atom. The van der Waals surface area contributed by atoms with Gasteiger partial charge < -0.3 is 5.11 Å². The van der Waals surface area contributed by atoms with Crippen LogP contribution in [0, 0.1) is 5.92 Å². The van der Waals surface area contributed by atoms with Crippen molar-refractivity contribution in [2.45, 2.75) is 26.4 Å². The third-order valence-corrected chi connectivity index (χ3v) is 2.97. The van der Waals surface area contributed by atoms with Crippen LogP contribution in [0.15, 0.2) is 22.7 Å². The molecule has 0 aliphatic carbocycles. The zero-order valence-corrected chi connectivity index (χ0v) is 10.6. The summed E-state index contributed by atoms with van der Waals surface area (Å²) in [4.78, 5) is 0. The van der Waals surface area contributed by atoms with Gasteiger partial charge in [-0.3, -0.25) is 0 Å². The Morgan fingerprint density at radius 3 is 2.64 bits per heavy atom. The van der Waals surface area contributed by atoms with Crippen LogP contribution in [0.25, 0.3) is 0 Å². The van der Waals surface area contributed by atoms with Crippen molar-refractivity contribution in [3.63, 3.8) is 0 Å². The van der Waals surface area contributed by atoms with Crippen LogP contribution in [0.2, 0.25) is 5.02 Å². The van der Waals surface area contributed by atoms with Crippen LogP contribution in [0.4, 0.5) is 0 Å². The Hall–Kier alpha value is -0.0500. The summed E-state index contributed by atoms with van der Waals surface area (Å²) in [6.07, 6.45) is 0.307. The topological polar surface area (TPSA) is 20.2 Å². The number of aliphatic hydroxyl groups is 1. The molecule has 0 bridgehead atoms. The summed E-state index contributed by atoms with van der Waals surface area (Å²) >= 11 is 9.27. The SMILES string of the molecule is CC(C)CC(O)c1cc(Cl)ccc1Br. The van der Waals surface area contributed by atoms with Crippen molar-refractivity contribution < 1.29 is 5.11 Å². The Morgan fingerprint density at radius 2 is 2.07 bits per heavy atom. The van der Waals surface area contributed by atoms with Crippen LogP contribution in [0.5, 0.6) is 0 Å². The summed E-state index contributed by atoms with van der Waals surface area (Å²) in [6.45, 7) is 4.17. The van der Waals surface area contributed by atoms with Crippen LogP contribution in [0.3, 0.4) is 0 Å². The average Bonchev–Trinajstić information content (AvgIpc) is 2.08. The van der Waals surface area contributed by atoms with Crippen LogP contribution >= 0.6 is 27.5 Å². The fraction of sp³-hybridized carbons (Fsp3) is 0.455. The van der Waals surface area contributed by atoms with Gasteiger partial charge in [-0.15, -0.1) is 0 Å². The molecule has 1 nitrogen and oxygen atoms in total. The lowest BCUT2D eigenvalue weighted by Gasteiger charge is -2.15. The van der Waals surface area contributed by atoms with Crippen LogP contribution in [-0.4, -0.2) is 5.11 Å². The Bertz CT molecular complexity index is 312. The van der Waals surface area contributed by atoms with Crippen molar-refractivity contribution in [2.75, 3.05) is 0 Å². The van der Waals surface area contributed by atoms with Gasteiger partial charge in [0.1, 0.15) is 0 Å². The van der Waals surface area contributed by atoms with Gasteiger partial charge in [0.05, 0.1) is 6.10 Å². The van der Waals surface area contributed by atoms with Crippen LogP contribution in [-0.2, 0) is 0 Å². The highest BCUT2D eigenvalue weighted by atomic mass is 79.9. The zero-order valence-electron chi connectivity index (χ0n) is 8.30. The van der Waals surface area contributed by atoms with E-state index < -0.39 is 6.10 Å². The Balaban J connectivity index is 2.88. The second kappa shape index (κ2) is 5.15. The monoisotopic (exact) mass is 276 g/mol. The normalized spacial score (nSPS) is 13.3. The molecule has 1 unspecified atom stereocenters. The molecule has 0 aromatic heterocycles. The van der Waals surface area contributed by atoms with Crippen molar-refractivity contribution in [1.82, 2.24) is 0 Å². The molecule has 0 aliphatic heterocycles.